The fourth-order valence-corrected chi connectivity index (χ4v) is 2.75. The van der Waals surface area contributed by atoms with E-state index < -0.39 is 0 Å². The molecular weight excluding hydrogens is 322 g/mol. The molecule has 2 aromatic carbocycles. The van der Waals surface area contributed by atoms with E-state index in [1.165, 1.54) is 11.3 Å². The van der Waals surface area contributed by atoms with E-state index in [1.807, 2.05) is 41.8 Å². The number of anilines is 1. The van der Waals surface area contributed by atoms with Crippen molar-refractivity contribution in [1.82, 2.24) is 10.3 Å². The van der Waals surface area contributed by atoms with Crippen LogP contribution in [0.4, 0.5) is 5.69 Å². The van der Waals surface area contributed by atoms with Gasteiger partial charge in [0.2, 0.25) is 0 Å². The van der Waals surface area contributed by atoms with Gasteiger partial charge in [0.1, 0.15) is 5.75 Å². The number of hydrogen-bond donors (Lipinski definition) is 2. The van der Waals surface area contributed by atoms with Gasteiger partial charge in [-0.25, -0.2) is 4.98 Å². The SMILES string of the molecule is Nc1cc(-c2cscn2)ccc1OCC(=O)NCc1ccccc1. The molecule has 0 aliphatic carbocycles. The molecule has 0 aliphatic heterocycles. The minimum absolute atomic E-state index is 0.0763. The Labute approximate surface area is 144 Å². The highest BCUT2D eigenvalue weighted by Gasteiger charge is 2.08. The van der Waals surface area contributed by atoms with Gasteiger partial charge in [0.25, 0.3) is 5.91 Å². The zero-order valence-corrected chi connectivity index (χ0v) is 13.8. The van der Waals surface area contributed by atoms with Crippen LogP contribution in [0.3, 0.4) is 0 Å². The smallest absolute Gasteiger partial charge is 0.258 e. The lowest BCUT2D eigenvalue weighted by Crippen LogP contribution is -2.28. The summed E-state index contributed by atoms with van der Waals surface area (Å²) in [6, 6.07) is 15.1. The van der Waals surface area contributed by atoms with Crippen LogP contribution in [0.15, 0.2) is 59.4 Å². The molecule has 0 aliphatic rings. The molecule has 1 amide bonds. The quantitative estimate of drug-likeness (QED) is 0.677. The minimum Gasteiger partial charge on any atom is -0.482 e. The highest BCUT2D eigenvalue weighted by Crippen LogP contribution is 2.28. The summed E-state index contributed by atoms with van der Waals surface area (Å²) in [5.74, 6) is 0.297. The number of amides is 1. The van der Waals surface area contributed by atoms with Crippen LogP contribution in [-0.4, -0.2) is 17.5 Å². The number of aromatic nitrogens is 1. The van der Waals surface area contributed by atoms with Crippen molar-refractivity contribution in [1.29, 1.82) is 0 Å². The Morgan fingerprint density at radius 2 is 2.04 bits per heavy atom. The maximum Gasteiger partial charge on any atom is 0.258 e. The Bertz CT molecular complexity index is 804. The van der Waals surface area contributed by atoms with E-state index in [0.717, 1.165) is 16.8 Å². The molecule has 24 heavy (non-hydrogen) atoms. The number of carbonyl (C=O) groups is 1. The maximum atomic E-state index is 11.9. The molecule has 1 heterocycles. The molecule has 3 N–H and O–H groups in total. The van der Waals surface area contributed by atoms with Crippen LogP contribution in [0.2, 0.25) is 0 Å². The molecule has 0 bridgehead atoms. The van der Waals surface area contributed by atoms with Gasteiger partial charge in [-0.2, -0.15) is 0 Å². The van der Waals surface area contributed by atoms with E-state index in [-0.39, 0.29) is 12.5 Å². The van der Waals surface area contributed by atoms with Crippen molar-refractivity contribution in [2.24, 2.45) is 0 Å². The number of ether oxygens (including phenoxy) is 1. The number of thiazole rings is 1. The summed E-state index contributed by atoms with van der Waals surface area (Å²) in [5.41, 5.74) is 11.1. The molecule has 0 saturated heterocycles. The van der Waals surface area contributed by atoms with Crippen molar-refractivity contribution < 1.29 is 9.53 Å². The molecule has 6 heteroatoms. The van der Waals surface area contributed by atoms with Crippen molar-refractivity contribution in [3.8, 4) is 17.0 Å². The van der Waals surface area contributed by atoms with E-state index in [2.05, 4.69) is 10.3 Å². The number of nitrogens with two attached hydrogens (primary N) is 1. The number of carbonyl (C=O) groups excluding carboxylic acids is 1. The highest BCUT2D eigenvalue weighted by molar-refractivity contribution is 7.07. The first-order chi connectivity index (χ1) is 11.7. The van der Waals surface area contributed by atoms with Gasteiger partial charge in [0.15, 0.2) is 6.61 Å². The molecular formula is C18H17N3O2S. The van der Waals surface area contributed by atoms with Crippen molar-refractivity contribution >= 4 is 22.9 Å². The Hall–Kier alpha value is -2.86. The summed E-state index contributed by atoms with van der Waals surface area (Å²) in [6.45, 7) is 0.397. The van der Waals surface area contributed by atoms with Gasteiger partial charge in [-0.05, 0) is 23.8 Å². The van der Waals surface area contributed by atoms with E-state index >= 15 is 0 Å². The van der Waals surface area contributed by atoms with Crippen LogP contribution < -0.4 is 15.8 Å². The summed E-state index contributed by atoms with van der Waals surface area (Å²) >= 11 is 1.53. The van der Waals surface area contributed by atoms with Crippen LogP contribution in [0.1, 0.15) is 5.56 Å². The molecule has 0 spiro atoms. The average Bonchev–Trinajstić information content (AvgIpc) is 3.14. The van der Waals surface area contributed by atoms with Gasteiger partial charge in [-0.3, -0.25) is 4.79 Å². The fraction of sp³-hybridized carbons (Fsp3) is 0.111. The Morgan fingerprint density at radius 1 is 1.21 bits per heavy atom. The first-order valence-electron chi connectivity index (χ1n) is 7.44. The fourth-order valence-electron chi connectivity index (χ4n) is 2.19. The van der Waals surface area contributed by atoms with Gasteiger partial charge in [0, 0.05) is 17.5 Å². The topological polar surface area (TPSA) is 77.2 Å². The summed E-state index contributed by atoms with van der Waals surface area (Å²) in [5, 5.41) is 4.76. The number of hydrogen-bond acceptors (Lipinski definition) is 5. The molecule has 0 radical (unpaired) electrons. The van der Waals surface area contributed by atoms with Crippen molar-refractivity contribution in [3.63, 3.8) is 0 Å². The second-order valence-corrected chi connectivity index (χ2v) is 5.90. The molecule has 0 atom stereocenters. The van der Waals surface area contributed by atoms with E-state index in [9.17, 15) is 4.79 Å². The van der Waals surface area contributed by atoms with Crippen LogP contribution in [-0.2, 0) is 11.3 Å². The predicted octanol–water partition coefficient (Wildman–Crippen LogP) is 3.09. The van der Waals surface area contributed by atoms with Crippen molar-refractivity contribution in [3.05, 3.63) is 65.0 Å². The normalized spacial score (nSPS) is 10.3. The zero-order chi connectivity index (χ0) is 16.8. The number of rotatable bonds is 6. The van der Waals surface area contributed by atoms with E-state index in [1.54, 1.807) is 17.6 Å². The number of nitrogen functional groups attached to an aromatic ring is 1. The van der Waals surface area contributed by atoms with Gasteiger partial charge >= 0.3 is 0 Å². The van der Waals surface area contributed by atoms with Gasteiger partial charge in [0.05, 0.1) is 16.9 Å². The molecule has 5 nitrogen and oxygen atoms in total. The first kappa shape index (κ1) is 16.0. The lowest BCUT2D eigenvalue weighted by atomic mass is 10.1. The molecule has 3 rings (SSSR count). The zero-order valence-electron chi connectivity index (χ0n) is 12.9. The van der Waals surface area contributed by atoms with Gasteiger partial charge < -0.3 is 15.8 Å². The standard InChI is InChI=1S/C18H17N3O2S/c19-15-8-14(16-11-24-12-21-16)6-7-17(15)23-10-18(22)20-9-13-4-2-1-3-5-13/h1-8,11-12H,9-10,19H2,(H,20,22). The third kappa shape index (κ3) is 4.11. The van der Waals surface area contributed by atoms with Crippen LogP contribution in [0.5, 0.6) is 5.75 Å². The lowest BCUT2D eigenvalue weighted by Gasteiger charge is -2.10. The maximum absolute atomic E-state index is 11.9. The average molecular weight is 339 g/mol. The monoisotopic (exact) mass is 339 g/mol. The summed E-state index contributed by atoms with van der Waals surface area (Å²) < 4.78 is 5.50. The molecule has 0 saturated carbocycles. The van der Waals surface area contributed by atoms with Gasteiger partial charge in [-0.15, -0.1) is 11.3 Å². The molecule has 0 fully saturated rings. The molecule has 122 valence electrons. The largest absolute Gasteiger partial charge is 0.482 e. The number of benzene rings is 2. The summed E-state index contributed by atoms with van der Waals surface area (Å²) in [7, 11) is 0. The van der Waals surface area contributed by atoms with Crippen LogP contribution in [0, 0.1) is 0 Å². The molecule has 0 unspecified atom stereocenters. The van der Waals surface area contributed by atoms with Gasteiger partial charge in [-0.1, -0.05) is 30.3 Å². The first-order valence-corrected chi connectivity index (χ1v) is 8.38. The second kappa shape index (κ2) is 7.61. The van der Waals surface area contributed by atoms with Crippen molar-refractivity contribution in [2.75, 3.05) is 12.3 Å². The number of nitrogens with zero attached hydrogens (tertiary/aromatic N) is 1. The molecule has 1 aromatic heterocycles. The van der Waals surface area contributed by atoms with Crippen molar-refractivity contribution in [2.45, 2.75) is 6.54 Å². The van der Waals surface area contributed by atoms with E-state index in [0.29, 0.717) is 18.0 Å². The second-order valence-electron chi connectivity index (χ2n) is 5.18. The molecule has 3 aromatic rings. The lowest BCUT2D eigenvalue weighted by molar-refractivity contribution is -0.123. The Balaban J connectivity index is 1.53. The van der Waals surface area contributed by atoms with Crippen LogP contribution >= 0.6 is 11.3 Å². The highest BCUT2D eigenvalue weighted by atomic mass is 32.1. The number of nitrogens with one attached hydrogen (secondary N) is 1. The Morgan fingerprint density at radius 3 is 2.75 bits per heavy atom. The van der Waals surface area contributed by atoms with E-state index in [4.69, 9.17) is 10.5 Å². The summed E-state index contributed by atoms with van der Waals surface area (Å²) in [6.07, 6.45) is 0. The minimum atomic E-state index is -0.193. The third-order valence-corrected chi connectivity index (χ3v) is 4.02. The third-order valence-electron chi connectivity index (χ3n) is 3.43. The summed E-state index contributed by atoms with van der Waals surface area (Å²) in [4.78, 5) is 16.1. The predicted molar refractivity (Wildman–Crippen MR) is 95.7 cm³/mol. The van der Waals surface area contributed by atoms with Crippen LogP contribution in [0.25, 0.3) is 11.3 Å². The Kier molecular flexibility index (Phi) is 5.08.